The van der Waals surface area contributed by atoms with Crippen molar-refractivity contribution in [2.75, 3.05) is 0 Å². The normalized spacial score (nSPS) is 16.1. The quantitative estimate of drug-likeness (QED) is 0.593. The third-order valence-electron chi connectivity index (χ3n) is 4.04. The SMILES string of the molecule is C=C/C=C\C1=C(C)C(=O)C(c2ncc3ccccc3c2O)C1=O.CC.CC. The van der Waals surface area contributed by atoms with Crippen LogP contribution in [-0.2, 0) is 9.59 Å². The van der Waals surface area contributed by atoms with E-state index in [-0.39, 0.29) is 23.0 Å². The van der Waals surface area contributed by atoms with Crippen LogP contribution in [0.1, 0.15) is 46.2 Å². The van der Waals surface area contributed by atoms with Gasteiger partial charge < -0.3 is 5.11 Å². The lowest BCUT2D eigenvalue weighted by Crippen LogP contribution is -2.17. The highest BCUT2D eigenvalue weighted by Crippen LogP contribution is 2.38. The smallest absolute Gasteiger partial charge is 0.180 e. The molecule has 1 heterocycles. The molecule has 0 bridgehead atoms. The van der Waals surface area contributed by atoms with Crippen molar-refractivity contribution in [3.8, 4) is 5.75 Å². The van der Waals surface area contributed by atoms with Crippen molar-refractivity contribution in [3.63, 3.8) is 0 Å². The van der Waals surface area contributed by atoms with Gasteiger partial charge in [-0.05, 0) is 6.92 Å². The van der Waals surface area contributed by atoms with E-state index < -0.39 is 5.92 Å². The zero-order valence-electron chi connectivity index (χ0n) is 16.6. The van der Waals surface area contributed by atoms with Crippen LogP contribution in [0.15, 0.2) is 66.4 Å². The summed E-state index contributed by atoms with van der Waals surface area (Å²) in [6, 6.07) is 7.16. The van der Waals surface area contributed by atoms with E-state index in [9.17, 15) is 14.7 Å². The first kappa shape index (κ1) is 22.0. The first-order valence-electron chi connectivity index (χ1n) is 9.21. The Labute approximate surface area is 160 Å². The molecule has 2 aromatic rings. The van der Waals surface area contributed by atoms with Gasteiger partial charge in [0.15, 0.2) is 11.6 Å². The summed E-state index contributed by atoms with van der Waals surface area (Å²) < 4.78 is 0. The van der Waals surface area contributed by atoms with Gasteiger partial charge in [0.2, 0.25) is 0 Å². The maximum absolute atomic E-state index is 12.6. The summed E-state index contributed by atoms with van der Waals surface area (Å²) in [5.74, 6) is -1.86. The fraction of sp³-hybridized carbons (Fsp3) is 0.261. The average Bonchev–Trinajstić information content (AvgIpc) is 2.93. The highest BCUT2D eigenvalue weighted by atomic mass is 16.3. The van der Waals surface area contributed by atoms with Crippen LogP contribution >= 0.6 is 0 Å². The van der Waals surface area contributed by atoms with Gasteiger partial charge in [-0.15, -0.1) is 0 Å². The molecule has 1 aromatic heterocycles. The monoisotopic (exact) mass is 365 g/mol. The van der Waals surface area contributed by atoms with Gasteiger partial charge in [-0.2, -0.15) is 0 Å². The molecule has 1 atom stereocenters. The number of allylic oxidation sites excluding steroid dienone is 5. The third kappa shape index (κ3) is 4.22. The minimum atomic E-state index is -1.08. The lowest BCUT2D eigenvalue weighted by Gasteiger charge is -2.11. The minimum absolute atomic E-state index is 0.111. The molecule has 142 valence electrons. The highest BCUT2D eigenvalue weighted by molar-refractivity contribution is 6.29. The van der Waals surface area contributed by atoms with Gasteiger partial charge >= 0.3 is 0 Å². The molecule has 0 amide bonds. The Kier molecular flexibility index (Phi) is 8.34. The number of aromatic hydroxyl groups is 1. The molecule has 1 aromatic carbocycles. The van der Waals surface area contributed by atoms with E-state index in [0.717, 1.165) is 5.39 Å². The molecule has 3 rings (SSSR count). The van der Waals surface area contributed by atoms with Gasteiger partial charge in [-0.25, -0.2) is 0 Å². The number of Topliss-reactive ketones (excluding diaryl/α,β-unsaturated/α-hetero) is 2. The second-order valence-corrected chi connectivity index (χ2v) is 5.37. The van der Waals surface area contributed by atoms with E-state index in [4.69, 9.17) is 0 Å². The number of pyridine rings is 1. The predicted octanol–water partition coefficient (Wildman–Crippen LogP) is 5.29. The Morgan fingerprint density at radius 2 is 1.70 bits per heavy atom. The Hall–Kier alpha value is -3.01. The van der Waals surface area contributed by atoms with E-state index in [1.165, 1.54) is 6.08 Å². The molecule has 0 fully saturated rings. The highest BCUT2D eigenvalue weighted by Gasteiger charge is 2.41. The maximum Gasteiger partial charge on any atom is 0.180 e. The van der Waals surface area contributed by atoms with E-state index in [0.29, 0.717) is 16.5 Å². The summed E-state index contributed by atoms with van der Waals surface area (Å²) in [5, 5.41) is 11.8. The maximum atomic E-state index is 12.6. The number of rotatable bonds is 3. The first-order chi connectivity index (χ1) is 13.1. The van der Waals surface area contributed by atoms with Crippen LogP contribution in [0, 0.1) is 0 Å². The molecule has 1 aliphatic rings. The summed E-state index contributed by atoms with van der Waals surface area (Å²) in [5.41, 5.74) is 0.835. The molecule has 1 N–H and O–H groups in total. The Morgan fingerprint density at radius 3 is 2.33 bits per heavy atom. The number of fused-ring (bicyclic) bond motifs is 1. The van der Waals surface area contributed by atoms with Crippen molar-refractivity contribution < 1.29 is 14.7 Å². The minimum Gasteiger partial charge on any atom is -0.505 e. The van der Waals surface area contributed by atoms with Crippen LogP contribution in [0.4, 0.5) is 0 Å². The average molecular weight is 365 g/mol. The van der Waals surface area contributed by atoms with Gasteiger partial charge in [0.25, 0.3) is 0 Å². The Balaban J connectivity index is 0.000000855. The second-order valence-electron chi connectivity index (χ2n) is 5.37. The van der Waals surface area contributed by atoms with Crippen molar-refractivity contribution in [1.82, 2.24) is 4.98 Å². The van der Waals surface area contributed by atoms with Gasteiger partial charge in [-0.1, -0.05) is 76.8 Å². The predicted molar refractivity (Wildman–Crippen MR) is 111 cm³/mol. The zero-order valence-corrected chi connectivity index (χ0v) is 16.6. The fourth-order valence-electron chi connectivity index (χ4n) is 2.80. The van der Waals surface area contributed by atoms with Crippen LogP contribution in [0.5, 0.6) is 5.75 Å². The van der Waals surface area contributed by atoms with Crippen molar-refractivity contribution in [2.24, 2.45) is 0 Å². The Bertz CT molecular complexity index is 907. The molecule has 0 radical (unpaired) electrons. The molecule has 1 aliphatic carbocycles. The number of nitrogens with zero attached hydrogens (tertiary/aromatic N) is 1. The first-order valence-corrected chi connectivity index (χ1v) is 9.21. The summed E-state index contributed by atoms with van der Waals surface area (Å²) in [6.07, 6.45) is 6.29. The molecule has 0 spiro atoms. The van der Waals surface area contributed by atoms with E-state index >= 15 is 0 Å². The number of hydrogen-bond acceptors (Lipinski definition) is 4. The number of aromatic nitrogens is 1. The molecule has 0 aliphatic heterocycles. The summed E-state index contributed by atoms with van der Waals surface area (Å²) >= 11 is 0. The summed E-state index contributed by atoms with van der Waals surface area (Å²) in [7, 11) is 0. The van der Waals surface area contributed by atoms with E-state index in [1.807, 2.05) is 39.8 Å². The molecular weight excluding hydrogens is 338 g/mol. The number of hydrogen-bond donors (Lipinski definition) is 1. The number of ketones is 2. The lowest BCUT2D eigenvalue weighted by atomic mass is 9.95. The molecule has 4 nitrogen and oxygen atoms in total. The number of benzene rings is 1. The topological polar surface area (TPSA) is 67.3 Å². The zero-order chi connectivity index (χ0) is 20.6. The van der Waals surface area contributed by atoms with E-state index in [1.54, 1.807) is 37.4 Å². The van der Waals surface area contributed by atoms with Crippen LogP contribution in [0.3, 0.4) is 0 Å². The van der Waals surface area contributed by atoms with Crippen LogP contribution in [-0.4, -0.2) is 21.7 Å². The van der Waals surface area contributed by atoms with Gasteiger partial charge in [-0.3, -0.25) is 14.6 Å². The van der Waals surface area contributed by atoms with Crippen molar-refractivity contribution in [3.05, 3.63) is 72.1 Å². The number of carbonyl (C=O) groups excluding carboxylic acids is 2. The van der Waals surface area contributed by atoms with Crippen LogP contribution in [0.2, 0.25) is 0 Å². The largest absolute Gasteiger partial charge is 0.505 e. The van der Waals surface area contributed by atoms with Gasteiger partial charge in [0, 0.05) is 28.1 Å². The van der Waals surface area contributed by atoms with Crippen LogP contribution < -0.4 is 0 Å². The molecule has 1 unspecified atom stereocenters. The van der Waals surface area contributed by atoms with Crippen molar-refractivity contribution >= 4 is 22.3 Å². The second kappa shape index (κ2) is 10.2. The molecule has 27 heavy (non-hydrogen) atoms. The van der Waals surface area contributed by atoms with Gasteiger partial charge in [0.05, 0.1) is 0 Å². The lowest BCUT2D eigenvalue weighted by molar-refractivity contribution is -0.123. The molecule has 4 heteroatoms. The van der Waals surface area contributed by atoms with E-state index in [2.05, 4.69) is 11.6 Å². The number of carbonyl (C=O) groups is 2. The Morgan fingerprint density at radius 1 is 1.07 bits per heavy atom. The van der Waals surface area contributed by atoms with Crippen LogP contribution in [0.25, 0.3) is 10.8 Å². The summed E-state index contributed by atoms with van der Waals surface area (Å²) in [4.78, 5) is 29.3. The molecule has 0 saturated carbocycles. The standard InChI is InChI=1S/C19H15NO3.2C2H6/c1-3-4-8-13-11(2)17(21)15(18(13)22)16-19(23)14-9-6-5-7-12(14)10-20-16;2*1-2/h3-10,15,23H,1H2,2H3;2*1-2H3/b8-4-;;. The van der Waals surface area contributed by atoms with Crippen molar-refractivity contribution in [1.29, 1.82) is 0 Å². The summed E-state index contributed by atoms with van der Waals surface area (Å²) in [6.45, 7) is 13.2. The third-order valence-corrected chi connectivity index (χ3v) is 4.04. The molecular formula is C23H27NO3. The van der Waals surface area contributed by atoms with Gasteiger partial charge in [0.1, 0.15) is 17.4 Å². The van der Waals surface area contributed by atoms with Crippen molar-refractivity contribution in [2.45, 2.75) is 40.5 Å². The fourth-order valence-corrected chi connectivity index (χ4v) is 2.80. The molecule has 0 saturated heterocycles.